The molecule has 1 aromatic rings. The van der Waals surface area contributed by atoms with Gasteiger partial charge in [0.2, 0.25) is 0 Å². The van der Waals surface area contributed by atoms with E-state index in [0.717, 1.165) is 0 Å². The third kappa shape index (κ3) is 3.81. The number of carbonyl (C=O) groups is 1. The predicted octanol–water partition coefficient (Wildman–Crippen LogP) is 2.40. The van der Waals surface area contributed by atoms with Gasteiger partial charge in [-0.3, -0.25) is 4.79 Å². The van der Waals surface area contributed by atoms with Gasteiger partial charge >= 0.3 is 0 Å². The molecule has 0 saturated heterocycles. The van der Waals surface area contributed by atoms with E-state index in [2.05, 4.69) is 5.32 Å². The largest absolute Gasteiger partial charge is 0.507 e. The van der Waals surface area contributed by atoms with E-state index in [1.807, 2.05) is 13.8 Å². The van der Waals surface area contributed by atoms with Gasteiger partial charge in [0.15, 0.2) is 0 Å². The molecule has 0 aliphatic heterocycles. The van der Waals surface area contributed by atoms with Gasteiger partial charge in [-0.05, 0) is 23.6 Å². The Morgan fingerprint density at radius 3 is 2.72 bits per heavy atom. The van der Waals surface area contributed by atoms with Crippen molar-refractivity contribution in [3.05, 3.63) is 23.8 Å². The van der Waals surface area contributed by atoms with Crippen molar-refractivity contribution in [3.8, 4) is 11.5 Å². The van der Waals surface area contributed by atoms with Crippen molar-refractivity contribution >= 4 is 17.5 Å². The number of halogens is 1. The second-order valence-electron chi connectivity index (χ2n) is 4.86. The van der Waals surface area contributed by atoms with E-state index >= 15 is 0 Å². The number of phenolic OH excluding ortho intramolecular Hbond substituents is 1. The van der Waals surface area contributed by atoms with Crippen LogP contribution in [-0.4, -0.2) is 30.5 Å². The van der Waals surface area contributed by atoms with Crippen LogP contribution in [0.4, 0.5) is 0 Å². The molecule has 0 fully saturated rings. The van der Waals surface area contributed by atoms with Crippen LogP contribution in [0.1, 0.15) is 24.2 Å². The summed E-state index contributed by atoms with van der Waals surface area (Å²) in [4.78, 5) is 11.9. The Balaban J connectivity index is 2.78. The zero-order chi connectivity index (χ0) is 13.8. The van der Waals surface area contributed by atoms with Crippen molar-refractivity contribution in [3.63, 3.8) is 0 Å². The number of hydrogen-bond donors (Lipinski definition) is 2. The van der Waals surface area contributed by atoms with Gasteiger partial charge in [-0.2, -0.15) is 0 Å². The summed E-state index contributed by atoms with van der Waals surface area (Å²) in [7, 11) is 1.50. The second-order valence-corrected chi connectivity index (χ2v) is 5.13. The summed E-state index contributed by atoms with van der Waals surface area (Å²) >= 11 is 5.78. The number of nitrogens with one attached hydrogen (secondary N) is 1. The average molecular weight is 272 g/mol. The average Bonchev–Trinajstić information content (AvgIpc) is 2.36. The molecule has 0 heterocycles. The lowest BCUT2D eigenvalue weighted by atomic mass is 9.96. The highest BCUT2D eigenvalue weighted by Crippen LogP contribution is 2.23. The Morgan fingerprint density at radius 2 is 2.17 bits per heavy atom. The van der Waals surface area contributed by atoms with Gasteiger partial charge in [0.25, 0.3) is 5.91 Å². The van der Waals surface area contributed by atoms with Crippen LogP contribution < -0.4 is 10.1 Å². The Kier molecular flexibility index (Phi) is 4.84. The molecule has 0 atom stereocenters. The maximum Gasteiger partial charge on any atom is 0.255 e. The summed E-state index contributed by atoms with van der Waals surface area (Å²) < 4.78 is 5.01. The van der Waals surface area contributed by atoms with Gasteiger partial charge in [-0.1, -0.05) is 13.8 Å². The Labute approximate surface area is 112 Å². The molecule has 0 bridgehead atoms. The van der Waals surface area contributed by atoms with Crippen molar-refractivity contribution in [2.45, 2.75) is 13.8 Å². The molecule has 0 aliphatic rings. The number of phenols is 1. The van der Waals surface area contributed by atoms with Crippen LogP contribution in [0.5, 0.6) is 11.5 Å². The molecule has 4 nitrogen and oxygen atoms in total. The van der Waals surface area contributed by atoms with E-state index in [1.165, 1.54) is 19.2 Å². The summed E-state index contributed by atoms with van der Waals surface area (Å²) in [6.45, 7) is 4.34. The fraction of sp³-hybridized carbons (Fsp3) is 0.462. The van der Waals surface area contributed by atoms with E-state index < -0.39 is 0 Å². The normalized spacial score (nSPS) is 11.1. The van der Waals surface area contributed by atoms with E-state index in [9.17, 15) is 9.90 Å². The Hall–Kier alpha value is -1.42. The number of aromatic hydroxyl groups is 1. The second kappa shape index (κ2) is 5.96. The molecule has 1 rings (SSSR count). The van der Waals surface area contributed by atoms with Crippen LogP contribution >= 0.6 is 11.6 Å². The first-order valence-corrected chi connectivity index (χ1v) is 6.14. The van der Waals surface area contributed by atoms with Crippen molar-refractivity contribution in [2.75, 3.05) is 19.5 Å². The van der Waals surface area contributed by atoms with Crippen LogP contribution in [0.25, 0.3) is 0 Å². The molecule has 1 amide bonds. The summed E-state index contributed by atoms with van der Waals surface area (Å²) in [5.74, 6) is 0.549. The van der Waals surface area contributed by atoms with Crippen molar-refractivity contribution < 1.29 is 14.6 Å². The zero-order valence-electron chi connectivity index (χ0n) is 10.8. The highest BCUT2D eigenvalue weighted by molar-refractivity contribution is 6.18. The van der Waals surface area contributed by atoms with Crippen LogP contribution in [-0.2, 0) is 0 Å². The summed E-state index contributed by atoms with van der Waals surface area (Å²) in [6, 6.07) is 4.52. The van der Waals surface area contributed by atoms with Crippen LogP contribution in [0, 0.1) is 5.41 Å². The lowest BCUT2D eigenvalue weighted by molar-refractivity contribution is 0.0937. The van der Waals surface area contributed by atoms with Gasteiger partial charge in [-0.25, -0.2) is 0 Å². The highest BCUT2D eigenvalue weighted by atomic mass is 35.5. The van der Waals surface area contributed by atoms with Crippen LogP contribution in [0.3, 0.4) is 0 Å². The van der Waals surface area contributed by atoms with Crippen molar-refractivity contribution in [2.24, 2.45) is 5.41 Å². The van der Waals surface area contributed by atoms with E-state index in [-0.39, 0.29) is 22.6 Å². The summed E-state index contributed by atoms with van der Waals surface area (Å²) in [6.07, 6.45) is 0. The number of hydrogen-bond acceptors (Lipinski definition) is 3. The lowest BCUT2D eigenvalue weighted by Gasteiger charge is -2.21. The summed E-state index contributed by atoms with van der Waals surface area (Å²) in [5.41, 5.74) is 0.00540. The topological polar surface area (TPSA) is 58.6 Å². The molecule has 1 aromatic carbocycles. The first-order chi connectivity index (χ1) is 8.39. The van der Waals surface area contributed by atoms with Gasteiger partial charge in [0.1, 0.15) is 11.5 Å². The molecular weight excluding hydrogens is 254 g/mol. The number of amides is 1. The molecule has 100 valence electrons. The number of alkyl halides is 1. The minimum atomic E-state index is -0.343. The SMILES string of the molecule is COc1ccc(O)c(C(=O)NCC(C)(C)CCl)c1. The molecule has 0 saturated carbocycles. The van der Waals surface area contributed by atoms with E-state index in [0.29, 0.717) is 18.2 Å². The van der Waals surface area contributed by atoms with Crippen LogP contribution in [0.2, 0.25) is 0 Å². The molecule has 18 heavy (non-hydrogen) atoms. The van der Waals surface area contributed by atoms with Gasteiger partial charge < -0.3 is 15.2 Å². The molecule has 0 radical (unpaired) electrons. The van der Waals surface area contributed by atoms with E-state index in [4.69, 9.17) is 16.3 Å². The molecule has 0 aromatic heterocycles. The number of methoxy groups -OCH3 is 1. The standard InChI is InChI=1S/C13H18ClNO3/c1-13(2,7-14)8-15-12(17)10-6-9(18-3)4-5-11(10)16/h4-6,16H,7-8H2,1-3H3,(H,15,17). The van der Waals surface area contributed by atoms with Crippen molar-refractivity contribution in [1.29, 1.82) is 0 Å². The third-order valence-electron chi connectivity index (χ3n) is 2.54. The Morgan fingerprint density at radius 1 is 1.50 bits per heavy atom. The third-order valence-corrected chi connectivity index (χ3v) is 3.26. The molecule has 5 heteroatoms. The van der Waals surface area contributed by atoms with Crippen LogP contribution in [0.15, 0.2) is 18.2 Å². The smallest absolute Gasteiger partial charge is 0.255 e. The number of carbonyl (C=O) groups excluding carboxylic acids is 1. The highest BCUT2D eigenvalue weighted by Gasteiger charge is 2.19. The molecule has 0 aliphatic carbocycles. The van der Waals surface area contributed by atoms with Gasteiger partial charge in [0.05, 0.1) is 12.7 Å². The number of rotatable bonds is 5. The first kappa shape index (κ1) is 14.6. The zero-order valence-corrected chi connectivity index (χ0v) is 11.5. The summed E-state index contributed by atoms with van der Waals surface area (Å²) in [5, 5.41) is 12.4. The lowest BCUT2D eigenvalue weighted by Crippen LogP contribution is -2.35. The van der Waals surface area contributed by atoms with E-state index in [1.54, 1.807) is 6.07 Å². The van der Waals surface area contributed by atoms with Crippen molar-refractivity contribution in [1.82, 2.24) is 5.32 Å². The maximum atomic E-state index is 11.9. The van der Waals surface area contributed by atoms with Gasteiger partial charge in [0, 0.05) is 12.4 Å². The monoisotopic (exact) mass is 271 g/mol. The Bertz CT molecular complexity index is 432. The predicted molar refractivity (Wildman–Crippen MR) is 71.5 cm³/mol. The minimum absolute atomic E-state index is 0.0722. The van der Waals surface area contributed by atoms with Gasteiger partial charge in [-0.15, -0.1) is 11.6 Å². The molecule has 0 spiro atoms. The quantitative estimate of drug-likeness (QED) is 0.809. The molecule has 0 unspecified atom stereocenters. The number of ether oxygens (including phenoxy) is 1. The molecule has 2 N–H and O–H groups in total. The number of benzene rings is 1. The fourth-order valence-corrected chi connectivity index (χ4v) is 1.38. The minimum Gasteiger partial charge on any atom is -0.507 e. The molecular formula is C13H18ClNO3. The first-order valence-electron chi connectivity index (χ1n) is 5.61. The maximum absolute atomic E-state index is 11.9. The fourth-order valence-electron chi connectivity index (χ4n) is 1.29.